The van der Waals surface area contributed by atoms with Crippen LogP contribution in [-0.2, 0) is 40.6 Å². The van der Waals surface area contributed by atoms with Crippen LogP contribution in [0.3, 0.4) is 0 Å². The number of imidazole rings is 5. The van der Waals surface area contributed by atoms with Gasteiger partial charge in [0.05, 0.1) is 149 Å². The molecule has 0 bridgehead atoms. The maximum Gasteiger partial charge on any atom is 2.00 e. The Morgan fingerprint density at radius 2 is 0.794 bits per heavy atom. The summed E-state index contributed by atoms with van der Waals surface area (Å²) in [6.45, 7) is 49.1. The average Bonchev–Trinajstić information content (AvgIpc) is 1.60. The van der Waals surface area contributed by atoms with E-state index in [1.807, 2.05) is 140 Å². The molecule has 4 aromatic carbocycles. The zero-order chi connectivity index (χ0) is 99.1. The number of aromatic carboxylic acids is 1. The molecule has 0 unspecified atom stereocenters. The van der Waals surface area contributed by atoms with Gasteiger partial charge in [-0.25, -0.2) is 71.5 Å². The summed E-state index contributed by atoms with van der Waals surface area (Å²) in [5.74, 6) is -0.151. The van der Waals surface area contributed by atoms with Crippen LogP contribution >= 0.6 is 115 Å². The van der Waals surface area contributed by atoms with E-state index in [0.717, 1.165) is 102 Å². The minimum Gasteiger partial charge on any atom is -1.00 e. The standard InChI is InChI=1S/C20H21Cl2N3O2.C18H17Cl2N3O2.C14H18BrN3O2.C14H19N3O2.C10H10BrN3O2.C9H11NO.C6H5BCl2O2.C4H9.ClH.Mg.H2S/c1-6-27-19(26)15-10-23-25-17(12-7-13(21)9-14(22)8-12)11(2)24-18(25)16(15)20(3,4)5;1-9-15(10-5-11(19)7-12(20)6-10)23-16(22-9)14(18(2,3)4)13(8-21-23)17(24)25;1-6-20-13(19)9-7-16-18-11(15)8(2)17-12(18)10(9)14(3,4)5;1-6-19-13(18)10-7-15-17-8-9(2)16-12(17)11(10)14(3,4)5;1-3-16-10(15)7-4-12-14-5-6(2)13-9(14)8(7)11;10-8-5-6-11-9-4-2-1-3-7(8)9;8-5-1-4(7(10)11)2-6(9)3-5;1-4(2)3;;;/h7-10H,6H2,1-5H3;5-8H,1-4H3,(H,24,25);7H,6H2,1-5H3;7-8H,6H2,1-5H3;4-5H,3H2,1-2H3;1-4,8H,5-6,10H2;1-3,10-11H;1-3H3;1H;;1H2/q;;;;;;;-1;;+2;/p-1/t;;;;;8-;;;;;/m.....0...../s1. The second-order valence-electron chi connectivity index (χ2n) is 35.1. The molecule has 0 radical (unpaired) electrons. The van der Waals surface area contributed by atoms with E-state index in [9.17, 15) is 29.1 Å². The number of hydrogen-bond acceptors (Lipinski definition) is 23. The van der Waals surface area contributed by atoms with E-state index in [1.165, 1.54) is 36.5 Å². The fraction of sp³-hybridized carbons (Fsp3) is 0.368. The maximum absolute atomic E-state index is 12.5. The van der Waals surface area contributed by atoms with Crippen LogP contribution in [0.25, 0.3) is 50.8 Å². The van der Waals surface area contributed by atoms with Crippen molar-refractivity contribution < 1.29 is 75.2 Å². The molecule has 10 aromatic heterocycles. The van der Waals surface area contributed by atoms with Crippen molar-refractivity contribution in [3.63, 3.8) is 0 Å². The molecule has 1 aliphatic heterocycles. The molecule has 0 fully saturated rings. The number of fused-ring (bicyclic) bond motifs is 6. The van der Waals surface area contributed by atoms with Gasteiger partial charge in [-0.05, 0) is 182 Å². The zero-order valence-electron chi connectivity index (χ0n) is 80.3. The molecule has 29 nitrogen and oxygen atoms in total. The number of carbonyl (C=O) groups excluding carboxylic acids is 4. The van der Waals surface area contributed by atoms with Gasteiger partial charge in [0.1, 0.15) is 10.4 Å². The normalized spacial score (nSPS) is 12.0. The van der Waals surface area contributed by atoms with Gasteiger partial charge in [-0.3, -0.25) is 0 Å². The Morgan fingerprint density at radius 1 is 0.478 bits per heavy atom. The predicted octanol–water partition coefficient (Wildman–Crippen LogP) is 18.8. The van der Waals surface area contributed by atoms with Crippen molar-refractivity contribution >= 4 is 209 Å². The third kappa shape index (κ3) is 30.1. The molecule has 0 saturated carbocycles. The van der Waals surface area contributed by atoms with Gasteiger partial charge in [0.2, 0.25) is 0 Å². The number of nitrogens with zero attached hydrogens (tertiary/aromatic N) is 15. The molecule has 1 aliphatic rings. The zero-order valence-corrected chi connectivity index (χ0v) is 91.1. The number of nitrogens with two attached hydrogens (primary N) is 1. The van der Waals surface area contributed by atoms with Crippen LogP contribution in [0.2, 0.25) is 30.1 Å². The van der Waals surface area contributed by atoms with Gasteiger partial charge in [0.25, 0.3) is 0 Å². The number of carboxylic acids is 1. The number of para-hydroxylation sites is 1. The summed E-state index contributed by atoms with van der Waals surface area (Å²) in [4.78, 5) is 82.5. The van der Waals surface area contributed by atoms with E-state index < -0.39 is 30.4 Å². The Hall–Kier alpha value is -8.82. The van der Waals surface area contributed by atoms with Crippen molar-refractivity contribution in [3.8, 4) is 28.3 Å². The minimum absolute atomic E-state index is 0. The third-order valence-electron chi connectivity index (χ3n) is 19.2. The summed E-state index contributed by atoms with van der Waals surface area (Å²) in [5.41, 5.74) is 21.5. The second kappa shape index (κ2) is 50.9. The largest absolute Gasteiger partial charge is 2.00 e. The summed E-state index contributed by atoms with van der Waals surface area (Å²) in [6, 6.07) is 23.1. The topological polar surface area (TPSA) is 369 Å². The summed E-state index contributed by atoms with van der Waals surface area (Å²) < 4.78 is 35.6. The molecule has 5 N–H and O–H groups in total. The molecule has 11 heterocycles. The number of halogens is 9. The Kier molecular flexibility index (Phi) is 44.0. The Labute approximate surface area is 868 Å². The molecular formula is C95H112BBr2Cl7MgN16O13S. The van der Waals surface area contributed by atoms with E-state index >= 15 is 0 Å². The molecule has 0 aliphatic carbocycles. The molecular weight excluding hydrogens is 2050 g/mol. The van der Waals surface area contributed by atoms with Crippen LogP contribution in [-0.4, -0.2) is 181 Å². The molecule has 136 heavy (non-hydrogen) atoms. The fourth-order valence-electron chi connectivity index (χ4n) is 14.0. The monoisotopic (exact) mass is 2150 g/mol. The molecule has 1 atom stereocenters. The molecule has 14 aromatic rings. The number of hydrogen-bond donors (Lipinski definition) is 4. The van der Waals surface area contributed by atoms with Gasteiger partial charge in [-0.1, -0.05) is 171 Å². The first-order chi connectivity index (χ1) is 62.2. The summed E-state index contributed by atoms with van der Waals surface area (Å²) in [5, 5.41) is 51.2. The van der Waals surface area contributed by atoms with E-state index in [4.69, 9.17) is 114 Å². The first kappa shape index (κ1) is 118. The number of rotatable bonds is 12. The first-order valence-electron chi connectivity index (χ1n) is 42.3. The average molecular weight is 2160 g/mol. The van der Waals surface area contributed by atoms with Gasteiger partial charge >= 0.3 is 60.0 Å². The SMILES string of the molecule is CCOC(=O)c1cnn2c(-c3cc(Cl)cc(Cl)c3)c(C)nc2c1C(C)(C)C.CCOC(=O)c1cnn2c(Br)c(C)nc2c1C(C)(C)C.CCOC(=O)c1cnn2cc(C)nc2c1Br.CCOC(=O)c1cnn2cc(C)nc2c1C(C)(C)C.C[C-](C)C.Cc1nc2c(C(C)(C)C)c(C(=O)O)cnn2c1-c1cc(Cl)cc(Cl)c1.N[C@H]1CCOc2ccccc21.OB(O)c1cc(Cl)cc(Cl)c1.S.[Cl-].[Mg+2]. The molecule has 0 amide bonds. The third-order valence-corrected chi connectivity index (χ3v) is 22.2. The number of benzene rings is 4. The van der Waals surface area contributed by atoms with Gasteiger partial charge in [0, 0.05) is 81.5 Å². The number of esters is 4. The van der Waals surface area contributed by atoms with E-state index in [0.29, 0.717) is 117 Å². The number of aryl methyl sites for hydroxylation is 5. The minimum atomic E-state index is -1.52. The van der Waals surface area contributed by atoms with Crippen molar-refractivity contribution in [2.45, 2.75) is 200 Å². The Balaban J connectivity index is 0.000000282. The van der Waals surface area contributed by atoms with Crippen LogP contribution in [0.4, 0.5) is 0 Å². The van der Waals surface area contributed by atoms with Crippen molar-refractivity contribution in [3.05, 3.63) is 251 Å². The Bertz CT molecular complexity index is 6530. The second-order valence-corrected chi connectivity index (χ2v) is 39.2. The summed E-state index contributed by atoms with van der Waals surface area (Å²) in [7, 11) is -1.52. The van der Waals surface area contributed by atoms with Crippen LogP contribution < -0.4 is 28.3 Å². The van der Waals surface area contributed by atoms with E-state index in [-0.39, 0.29) is 88.7 Å². The summed E-state index contributed by atoms with van der Waals surface area (Å²) in [6.07, 6.45) is 12.1. The van der Waals surface area contributed by atoms with Crippen LogP contribution in [0.1, 0.15) is 252 Å². The quantitative estimate of drug-likeness (QED) is 0.0382. The predicted molar refractivity (Wildman–Crippen MR) is 547 cm³/mol. The van der Waals surface area contributed by atoms with Crippen molar-refractivity contribution in [2.75, 3.05) is 33.0 Å². The molecule has 0 saturated heterocycles. The smallest absolute Gasteiger partial charge is 1.00 e. The van der Waals surface area contributed by atoms with Gasteiger partial charge in [0.15, 0.2) is 28.2 Å². The van der Waals surface area contributed by atoms with Crippen molar-refractivity contribution in [1.82, 2.24) is 73.0 Å². The van der Waals surface area contributed by atoms with Gasteiger partial charge < -0.3 is 62.9 Å². The number of ether oxygens (including phenoxy) is 5. The van der Waals surface area contributed by atoms with Crippen molar-refractivity contribution in [1.29, 1.82) is 0 Å². The number of carbonyl (C=O) groups is 5. The first-order valence-corrected chi connectivity index (χ1v) is 46.1. The molecule has 15 rings (SSSR count). The van der Waals surface area contributed by atoms with E-state index in [1.54, 1.807) is 99.3 Å². The summed E-state index contributed by atoms with van der Waals surface area (Å²) >= 11 is 42.6. The van der Waals surface area contributed by atoms with Gasteiger partial charge in [-0.15, -0.1) is 0 Å². The van der Waals surface area contributed by atoms with Crippen LogP contribution in [0.15, 0.2) is 131 Å². The van der Waals surface area contributed by atoms with Gasteiger partial charge in [-0.2, -0.15) is 59.8 Å². The number of aromatic nitrogens is 15. The number of carboxylic acid groups (broad SMARTS) is 1. The van der Waals surface area contributed by atoms with Crippen molar-refractivity contribution in [2.24, 2.45) is 5.73 Å². The fourth-order valence-corrected chi connectivity index (χ4v) is 16.5. The maximum atomic E-state index is 12.5. The molecule has 41 heteroatoms. The van der Waals surface area contributed by atoms with E-state index in [2.05, 4.69) is 119 Å². The Morgan fingerprint density at radius 3 is 1.17 bits per heavy atom. The molecule has 0 spiro atoms. The molecule has 724 valence electrons. The van der Waals surface area contributed by atoms with Crippen LogP contribution in [0, 0.1) is 40.5 Å². The van der Waals surface area contributed by atoms with Crippen LogP contribution in [0.5, 0.6) is 5.75 Å².